The summed E-state index contributed by atoms with van der Waals surface area (Å²) in [5.74, 6) is -2.14. The molecule has 2 unspecified atom stereocenters. The largest absolute Gasteiger partial charge is 0.354 e. The van der Waals surface area contributed by atoms with E-state index in [0.717, 1.165) is 103 Å². The summed E-state index contributed by atoms with van der Waals surface area (Å²) in [6.45, 7) is 16.6. The van der Waals surface area contributed by atoms with Gasteiger partial charge in [0.25, 0.3) is 0 Å². The third kappa shape index (κ3) is 17.7. The van der Waals surface area contributed by atoms with Gasteiger partial charge in [-0.3, -0.25) is 38.4 Å². The van der Waals surface area contributed by atoms with E-state index >= 15 is 0 Å². The van der Waals surface area contributed by atoms with Gasteiger partial charge < -0.3 is 52.3 Å². The fraction of sp³-hybridized carbons (Fsp3) is 0.852. The first-order valence-electron chi connectivity index (χ1n) is 27.8. The number of hydrogen-bond donors (Lipinski definition) is 8. The van der Waals surface area contributed by atoms with E-state index in [4.69, 9.17) is 0 Å². The van der Waals surface area contributed by atoms with Crippen LogP contribution < -0.4 is 42.5 Å². The summed E-state index contributed by atoms with van der Waals surface area (Å²) in [5, 5.41) is 24.1. The number of likely N-dealkylation sites (tertiary alicyclic amines) is 2. The van der Waals surface area contributed by atoms with E-state index in [2.05, 4.69) is 42.5 Å². The quantitative estimate of drug-likeness (QED) is 0.0613. The molecule has 0 aromatic carbocycles. The molecule has 4 fully saturated rings. The minimum absolute atomic E-state index is 0.0154. The fourth-order valence-electron chi connectivity index (χ4n) is 10.9. The van der Waals surface area contributed by atoms with E-state index in [0.29, 0.717) is 51.9 Å². The third-order valence-corrected chi connectivity index (χ3v) is 15.7. The van der Waals surface area contributed by atoms with Crippen LogP contribution in [0.15, 0.2) is 0 Å². The van der Waals surface area contributed by atoms with Gasteiger partial charge in [0.05, 0.1) is 12.1 Å². The average Bonchev–Trinajstić information content (AvgIpc) is 4.06. The number of hydrogen-bond acceptors (Lipinski definition) is 10. The Kier molecular flexibility index (Phi) is 24.2. The van der Waals surface area contributed by atoms with Crippen molar-refractivity contribution in [3.63, 3.8) is 0 Å². The van der Waals surface area contributed by atoms with Crippen LogP contribution in [0.5, 0.6) is 0 Å². The molecule has 0 bridgehead atoms. The molecular weight excluding hydrogens is 917 g/mol. The lowest BCUT2D eigenvalue weighted by Gasteiger charge is -2.36. The molecule has 4 aliphatic rings. The summed E-state index contributed by atoms with van der Waals surface area (Å²) in [7, 11) is 3.37. The predicted octanol–water partition coefficient (Wildman–Crippen LogP) is 3.95. The lowest BCUT2D eigenvalue weighted by atomic mass is 9.83. The first-order chi connectivity index (χ1) is 34.1. The van der Waals surface area contributed by atoms with Gasteiger partial charge in [-0.05, 0) is 115 Å². The van der Waals surface area contributed by atoms with Gasteiger partial charge in [-0.1, -0.05) is 106 Å². The Bertz CT molecular complexity index is 1680. The van der Waals surface area contributed by atoms with Crippen LogP contribution in [0.25, 0.3) is 0 Å². The lowest BCUT2D eigenvalue weighted by Crippen LogP contribution is -2.61. The minimum atomic E-state index is -0.822. The molecule has 2 saturated heterocycles. The van der Waals surface area contributed by atoms with Crippen LogP contribution in [0.3, 0.4) is 0 Å². The van der Waals surface area contributed by atoms with Crippen LogP contribution in [0.1, 0.15) is 184 Å². The highest BCUT2D eigenvalue weighted by Gasteiger charge is 2.45. The molecule has 8 amide bonds. The summed E-state index contributed by atoms with van der Waals surface area (Å²) in [6.07, 6.45) is 17.2. The van der Waals surface area contributed by atoms with Gasteiger partial charge in [-0.15, -0.1) is 0 Å². The Hall–Kier alpha value is -4.32. The van der Waals surface area contributed by atoms with Crippen molar-refractivity contribution in [2.45, 2.75) is 232 Å². The van der Waals surface area contributed by atoms with Gasteiger partial charge in [0.2, 0.25) is 47.3 Å². The summed E-state index contributed by atoms with van der Waals surface area (Å²) in [5.41, 5.74) is -1.19. The molecule has 18 heteroatoms. The standard InChI is InChI=1S/C54H96N10O8/c1-35(55-9)45(65)61-43(53(3,4)5)51(71)63-33-23-29-39(63)47(67)59-41(37-25-17-15-18-26-37)49(69)57-31-21-13-11-12-14-22-32-58-50(70)42(38-27-19-16-20-28-38)60-48(68)40-30-24-34-64(40)52(72)44(54(6,7)8)62-46(66)36(2)56-10/h35-44,55-56H,11-34H2,1-10H3,(H,57,69)(H,58,70)(H,59,67)(H,60,68)(H,61,65)(H,62,66)/t35-,36?,39-,40-,41?,42-,43+,44+/m0/s1. The second-order valence-corrected chi connectivity index (χ2v) is 23.5. The van der Waals surface area contributed by atoms with Crippen molar-refractivity contribution < 1.29 is 38.4 Å². The molecule has 72 heavy (non-hydrogen) atoms. The molecule has 0 radical (unpaired) electrons. The van der Waals surface area contributed by atoms with Gasteiger partial charge in [-0.2, -0.15) is 0 Å². The summed E-state index contributed by atoms with van der Waals surface area (Å²) < 4.78 is 0. The van der Waals surface area contributed by atoms with Crippen LogP contribution in [-0.4, -0.2) is 146 Å². The van der Waals surface area contributed by atoms with Crippen LogP contribution in [0.2, 0.25) is 0 Å². The Morgan fingerprint density at radius 3 is 1.10 bits per heavy atom. The van der Waals surface area contributed by atoms with Crippen LogP contribution in [0.4, 0.5) is 0 Å². The highest BCUT2D eigenvalue weighted by atomic mass is 16.2. The number of nitrogens with zero attached hydrogens (tertiary/aromatic N) is 2. The SMILES string of the molecule is CNC(C)C(=O)N[C@H](C(=O)N1CCC[C@H]1C(=O)N[C@H](C(=O)NCCCCCCCCNC(=O)C(NC(=O)[C@@H]1CCCN1C(=O)[C@@H](NC(=O)[C@H](C)NC)C(C)(C)C)C1CCCCC1)C1CCCCC1)C(C)(C)C. The Balaban J connectivity index is 1.23. The number of rotatable bonds is 25. The second kappa shape index (κ2) is 28.9. The van der Waals surface area contributed by atoms with E-state index in [1.807, 2.05) is 41.5 Å². The Morgan fingerprint density at radius 1 is 0.444 bits per heavy atom. The van der Waals surface area contributed by atoms with Gasteiger partial charge >= 0.3 is 0 Å². The van der Waals surface area contributed by atoms with Crippen molar-refractivity contribution in [1.29, 1.82) is 0 Å². The highest BCUT2D eigenvalue weighted by Crippen LogP contribution is 2.31. The molecule has 18 nitrogen and oxygen atoms in total. The van der Waals surface area contributed by atoms with E-state index in [1.54, 1.807) is 37.7 Å². The zero-order chi connectivity index (χ0) is 53.2. The van der Waals surface area contributed by atoms with Gasteiger partial charge in [0.1, 0.15) is 36.3 Å². The summed E-state index contributed by atoms with van der Waals surface area (Å²) in [4.78, 5) is 113. The fourth-order valence-corrected chi connectivity index (χ4v) is 10.9. The van der Waals surface area contributed by atoms with Crippen molar-refractivity contribution >= 4 is 47.3 Å². The molecule has 0 aromatic heterocycles. The van der Waals surface area contributed by atoms with Crippen molar-refractivity contribution in [3.8, 4) is 0 Å². The predicted molar refractivity (Wildman–Crippen MR) is 280 cm³/mol. The van der Waals surface area contributed by atoms with Crippen molar-refractivity contribution in [2.75, 3.05) is 40.3 Å². The molecular formula is C54H96N10O8. The Morgan fingerprint density at radius 2 is 0.778 bits per heavy atom. The van der Waals surface area contributed by atoms with Crippen molar-refractivity contribution in [3.05, 3.63) is 0 Å². The molecule has 0 spiro atoms. The second-order valence-electron chi connectivity index (χ2n) is 23.5. The number of unbranched alkanes of at least 4 members (excludes halogenated alkanes) is 5. The molecule has 8 atom stereocenters. The zero-order valence-electron chi connectivity index (χ0n) is 45.9. The highest BCUT2D eigenvalue weighted by molar-refractivity contribution is 5.97. The zero-order valence-corrected chi connectivity index (χ0v) is 45.9. The van der Waals surface area contributed by atoms with E-state index < -0.39 is 59.2 Å². The van der Waals surface area contributed by atoms with E-state index in [-0.39, 0.29) is 59.1 Å². The van der Waals surface area contributed by atoms with Crippen LogP contribution in [0, 0.1) is 22.7 Å². The maximum absolute atomic E-state index is 14.0. The van der Waals surface area contributed by atoms with E-state index in [9.17, 15) is 38.4 Å². The number of carbonyl (C=O) groups is 8. The number of likely N-dealkylation sites (N-methyl/N-ethyl adjacent to an activating group) is 2. The van der Waals surface area contributed by atoms with Gasteiger partial charge in [0, 0.05) is 26.2 Å². The number of nitrogens with one attached hydrogen (secondary N) is 8. The third-order valence-electron chi connectivity index (χ3n) is 15.7. The smallest absolute Gasteiger partial charge is 0.246 e. The van der Waals surface area contributed by atoms with Gasteiger partial charge in [-0.25, -0.2) is 0 Å². The molecule has 2 heterocycles. The van der Waals surface area contributed by atoms with Gasteiger partial charge in [0.15, 0.2) is 0 Å². The van der Waals surface area contributed by atoms with Crippen LogP contribution >= 0.6 is 0 Å². The first kappa shape index (κ1) is 60.2. The molecule has 410 valence electrons. The minimum Gasteiger partial charge on any atom is -0.354 e. The number of amides is 8. The molecule has 2 aliphatic carbocycles. The Labute approximate surface area is 431 Å². The molecule has 2 saturated carbocycles. The normalized spacial score (nSPS) is 21.6. The summed E-state index contributed by atoms with van der Waals surface area (Å²) >= 11 is 0. The molecule has 2 aliphatic heterocycles. The number of carbonyl (C=O) groups excluding carboxylic acids is 8. The summed E-state index contributed by atoms with van der Waals surface area (Å²) in [6, 6.07) is -5.44. The molecule has 4 rings (SSSR count). The van der Waals surface area contributed by atoms with Crippen molar-refractivity contribution in [1.82, 2.24) is 52.3 Å². The van der Waals surface area contributed by atoms with Crippen LogP contribution in [-0.2, 0) is 38.4 Å². The molecule has 8 N–H and O–H groups in total. The topological polar surface area (TPSA) is 239 Å². The lowest BCUT2D eigenvalue weighted by molar-refractivity contribution is -0.144. The monoisotopic (exact) mass is 1010 g/mol. The maximum atomic E-state index is 14.0. The van der Waals surface area contributed by atoms with Crippen molar-refractivity contribution in [2.24, 2.45) is 22.7 Å². The van der Waals surface area contributed by atoms with E-state index in [1.165, 1.54) is 0 Å². The average molecular weight is 1010 g/mol. The first-order valence-corrected chi connectivity index (χ1v) is 27.8. The molecule has 0 aromatic rings. The maximum Gasteiger partial charge on any atom is 0.246 e.